The lowest BCUT2D eigenvalue weighted by atomic mass is 10.0. The molecule has 1 aliphatic rings. The molecule has 6 heteroatoms. The van der Waals surface area contributed by atoms with E-state index in [0.717, 1.165) is 60.6 Å². The van der Waals surface area contributed by atoms with Crippen molar-refractivity contribution in [3.05, 3.63) is 89.2 Å². The van der Waals surface area contributed by atoms with Crippen LogP contribution in [0.5, 0.6) is 0 Å². The van der Waals surface area contributed by atoms with Gasteiger partial charge in [0.25, 0.3) is 5.91 Å². The maximum absolute atomic E-state index is 13.4. The monoisotopic (exact) mass is 439 g/mol. The van der Waals surface area contributed by atoms with E-state index >= 15 is 0 Å². The number of carbonyl (C=O) groups is 1. The molecule has 1 amide bonds. The molecule has 33 heavy (non-hydrogen) atoms. The minimum atomic E-state index is -0.0391. The number of pyridine rings is 1. The fourth-order valence-corrected chi connectivity index (χ4v) is 4.68. The Bertz CT molecular complexity index is 1260. The highest BCUT2D eigenvalue weighted by Crippen LogP contribution is 2.25. The highest BCUT2D eigenvalue weighted by Gasteiger charge is 2.24. The van der Waals surface area contributed by atoms with Crippen LogP contribution in [0.2, 0.25) is 0 Å². The molecule has 5 rings (SSSR count). The van der Waals surface area contributed by atoms with E-state index in [0.29, 0.717) is 5.56 Å². The molecule has 4 aromatic rings. The Morgan fingerprint density at radius 1 is 1.00 bits per heavy atom. The number of carbonyl (C=O) groups excluding carboxylic acids is 1. The van der Waals surface area contributed by atoms with Crippen LogP contribution in [0.1, 0.15) is 40.2 Å². The molecule has 0 atom stereocenters. The summed E-state index contributed by atoms with van der Waals surface area (Å²) in [6.07, 6.45) is 1.90. The Balaban J connectivity index is 1.33. The van der Waals surface area contributed by atoms with Crippen molar-refractivity contribution in [1.29, 1.82) is 0 Å². The zero-order chi connectivity index (χ0) is 22.8. The van der Waals surface area contributed by atoms with Crippen molar-refractivity contribution >= 4 is 16.9 Å². The molecule has 1 N–H and O–H groups in total. The fraction of sp³-hybridized carbons (Fsp3) is 0.296. The second-order valence-corrected chi connectivity index (χ2v) is 8.85. The summed E-state index contributed by atoms with van der Waals surface area (Å²) in [5.41, 5.74) is 5.27. The van der Waals surface area contributed by atoms with Gasteiger partial charge in [-0.15, -0.1) is 0 Å². The van der Waals surface area contributed by atoms with Crippen LogP contribution in [0.25, 0.3) is 16.7 Å². The number of aryl methyl sites for hydroxylation is 2. The molecule has 1 aliphatic heterocycles. The molecule has 0 bridgehead atoms. The lowest BCUT2D eigenvalue weighted by molar-refractivity contribution is 0.0910. The average molecular weight is 440 g/mol. The van der Waals surface area contributed by atoms with Gasteiger partial charge in [-0.05, 0) is 50.5 Å². The van der Waals surface area contributed by atoms with Gasteiger partial charge in [0.05, 0.1) is 22.3 Å². The predicted octanol–water partition coefficient (Wildman–Crippen LogP) is 4.43. The van der Waals surface area contributed by atoms with Crippen molar-refractivity contribution in [1.82, 2.24) is 25.0 Å². The third-order valence-electron chi connectivity index (χ3n) is 6.36. The molecule has 0 aliphatic carbocycles. The molecular weight excluding hydrogens is 410 g/mol. The molecule has 2 aromatic heterocycles. The second-order valence-electron chi connectivity index (χ2n) is 8.85. The summed E-state index contributed by atoms with van der Waals surface area (Å²) in [6.45, 7) is 6.79. The van der Waals surface area contributed by atoms with Crippen molar-refractivity contribution in [3.8, 4) is 5.69 Å². The number of para-hydroxylation sites is 1. The summed E-state index contributed by atoms with van der Waals surface area (Å²) >= 11 is 0. The Kier molecular flexibility index (Phi) is 5.92. The second kappa shape index (κ2) is 9.16. The average Bonchev–Trinajstić information content (AvgIpc) is 3.17. The van der Waals surface area contributed by atoms with Gasteiger partial charge in [-0.25, -0.2) is 9.67 Å². The van der Waals surface area contributed by atoms with Gasteiger partial charge in [-0.1, -0.05) is 48.5 Å². The number of hydrogen-bond donors (Lipinski definition) is 1. The number of aromatic nitrogens is 3. The van der Waals surface area contributed by atoms with Crippen molar-refractivity contribution in [3.63, 3.8) is 0 Å². The highest BCUT2D eigenvalue weighted by molar-refractivity contribution is 6.06. The van der Waals surface area contributed by atoms with Crippen LogP contribution in [0.3, 0.4) is 0 Å². The first kappa shape index (κ1) is 21.3. The first-order valence-electron chi connectivity index (χ1n) is 11.6. The quantitative estimate of drug-likeness (QED) is 0.500. The van der Waals surface area contributed by atoms with E-state index < -0.39 is 0 Å². The topological polar surface area (TPSA) is 63.1 Å². The number of amides is 1. The van der Waals surface area contributed by atoms with Crippen molar-refractivity contribution < 1.29 is 4.79 Å². The molecule has 0 spiro atoms. The minimum absolute atomic E-state index is 0.0391. The largest absolute Gasteiger partial charge is 0.349 e. The SMILES string of the molecule is Cc1cc(C(=O)NC2CCN(Cc3ccccc3)CC2)c2c(C)nn(-c3ccccc3)c2n1. The lowest BCUT2D eigenvalue weighted by Gasteiger charge is -2.32. The molecule has 1 saturated heterocycles. The first-order valence-corrected chi connectivity index (χ1v) is 11.6. The number of hydrogen-bond acceptors (Lipinski definition) is 4. The molecule has 6 nitrogen and oxygen atoms in total. The van der Waals surface area contributed by atoms with E-state index in [1.807, 2.05) is 61.0 Å². The zero-order valence-corrected chi connectivity index (χ0v) is 19.2. The maximum Gasteiger partial charge on any atom is 0.252 e. The zero-order valence-electron chi connectivity index (χ0n) is 19.2. The summed E-state index contributed by atoms with van der Waals surface area (Å²) in [5.74, 6) is -0.0391. The van der Waals surface area contributed by atoms with Crippen molar-refractivity contribution in [2.45, 2.75) is 39.3 Å². The summed E-state index contributed by atoms with van der Waals surface area (Å²) < 4.78 is 1.83. The summed E-state index contributed by atoms with van der Waals surface area (Å²) in [6, 6.07) is 22.5. The Morgan fingerprint density at radius 2 is 1.67 bits per heavy atom. The van der Waals surface area contributed by atoms with Gasteiger partial charge in [0.15, 0.2) is 5.65 Å². The summed E-state index contributed by atoms with van der Waals surface area (Å²) in [4.78, 5) is 20.5. The molecule has 1 fully saturated rings. The van der Waals surface area contributed by atoms with Gasteiger partial charge in [0.2, 0.25) is 0 Å². The van der Waals surface area contributed by atoms with Crippen molar-refractivity contribution in [2.75, 3.05) is 13.1 Å². The third-order valence-corrected chi connectivity index (χ3v) is 6.36. The summed E-state index contributed by atoms with van der Waals surface area (Å²) in [5, 5.41) is 8.82. The van der Waals surface area contributed by atoms with Crippen LogP contribution < -0.4 is 5.32 Å². The minimum Gasteiger partial charge on any atom is -0.349 e. The molecule has 0 unspecified atom stereocenters. The number of nitrogens with zero attached hydrogens (tertiary/aromatic N) is 4. The maximum atomic E-state index is 13.4. The number of benzene rings is 2. The van der Waals surface area contributed by atoms with E-state index in [1.165, 1.54) is 5.56 Å². The third kappa shape index (κ3) is 4.52. The van der Waals surface area contributed by atoms with E-state index in [1.54, 1.807) is 0 Å². The van der Waals surface area contributed by atoms with Crippen LogP contribution in [-0.4, -0.2) is 44.7 Å². The van der Waals surface area contributed by atoms with Gasteiger partial charge in [0, 0.05) is 31.4 Å². The van der Waals surface area contributed by atoms with Crippen LogP contribution in [-0.2, 0) is 6.54 Å². The predicted molar refractivity (Wildman–Crippen MR) is 131 cm³/mol. The Morgan fingerprint density at radius 3 is 2.36 bits per heavy atom. The number of rotatable bonds is 5. The standard InChI is InChI=1S/C27H29N5O/c1-19-17-24(25-20(2)30-32(26(25)28-19)23-11-7-4-8-12-23)27(33)29-22-13-15-31(16-14-22)18-21-9-5-3-6-10-21/h3-12,17,22H,13-16,18H2,1-2H3,(H,29,33). The smallest absolute Gasteiger partial charge is 0.252 e. The van der Waals surface area contributed by atoms with E-state index in [9.17, 15) is 4.79 Å². The molecule has 168 valence electrons. The van der Waals surface area contributed by atoms with Gasteiger partial charge < -0.3 is 5.32 Å². The van der Waals surface area contributed by atoms with Gasteiger partial charge in [-0.2, -0.15) is 5.10 Å². The molecule has 0 saturated carbocycles. The van der Waals surface area contributed by atoms with E-state index in [-0.39, 0.29) is 11.9 Å². The number of likely N-dealkylation sites (tertiary alicyclic amines) is 1. The number of piperidine rings is 1. The van der Waals surface area contributed by atoms with Gasteiger partial charge in [0.1, 0.15) is 0 Å². The first-order chi connectivity index (χ1) is 16.1. The van der Waals surface area contributed by atoms with Crippen LogP contribution in [0.15, 0.2) is 66.7 Å². The molecule has 3 heterocycles. The van der Waals surface area contributed by atoms with E-state index in [4.69, 9.17) is 10.1 Å². The molecule has 2 aromatic carbocycles. The van der Waals surface area contributed by atoms with Crippen LogP contribution in [0, 0.1) is 13.8 Å². The number of nitrogens with one attached hydrogen (secondary N) is 1. The summed E-state index contributed by atoms with van der Waals surface area (Å²) in [7, 11) is 0. The van der Waals surface area contributed by atoms with Crippen LogP contribution >= 0.6 is 0 Å². The highest BCUT2D eigenvalue weighted by atomic mass is 16.1. The Hall–Kier alpha value is -3.51. The normalized spacial score (nSPS) is 15.1. The Labute approximate surface area is 194 Å². The van der Waals surface area contributed by atoms with Gasteiger partial charge in [-0.3, -0.25) is 9.69 Å². The lowest BCUT2D eigenvalue weighted by Crippen LogP contribution is -2.44. The van der Waals surface area contributed by atoms with Crippen LogP contribution in [0.4, 0.5) is 0 Å². The van der Waals surface area contributed by atoms with Gasteiger partial charge >= 0.3 is 0 Å². The fourth-order valence-electron chi connectivity index (χ4n) is 4.68. The van der Waals surface area contributed by atoms with Crippen molar-refractivity contribution in [2.24, 2.45) is 0 Å². The van der Waals surface area contributed by atoms with E-state index in [2.05, 4.69) is 34.5 Å². The molecular formula is C27H29N5O. The number of fused-ring (bicyclic) bond motifs is 1. The molecule has 0 radical (unpaired) electrons.